The molecule has 0 radical (unpaired) electrons. The van der Waals surface area contributed by atoms with Gasteiger partial charge in [-0.3, -0.25) is 0 Å². The zero-order chi connectivity index (χ0) is 15.4. The number of carboxylic acid groups (broad SMARTS) is 1. The summed E-state index contributed by atoms with van der Waals surface area (Å²) < 4.78 is 5.43. The molecule has 2 aromatic rings. The van der Waals surface area contributed by atoms with Gasteiger partial charge in [-0.1, -0.05) is 30.3 Å². The normalized spacial score (nSPS) is 11.3. The molecule has 0 bridgehead atoms. The molecular formula is C18H18O3. The van der Waals surface area contributed by atoms with E-state index in [1.54, 1.807) is 14.0 Å². The van der Waals surface area contributed by atoms with Crippen molar-refractivity contribution in [3.8, 4) is 16.9 Å². The quantitative estimate of drug-likeness (QED) is 0.856. The number of methoxy groups -OCH3 is 1. The van der Waals surface area contributed by atoms with Gasteiger partial charge in [0.15, 0.2) is 0 Å². The zero-order valence-electron chi connectivity index (χ0n) is 12.4. The minimum atomic E-state index is -0.944. The van der Waals surface area contributed by atoms with Crippen LogP contribution >= 0.6 is 0 Å². The third kappa shape index (κ3) is 3.31. The first-order valence-electron chi connectivity index (χ1n) is 6.68. The molecule has 2 rings (SSSR count). The maximum absolute atomic E-state index is 10.8. The number of hydrogen-bond donors (Lipinski definition) is 1. The molecule has 0 spiro atoms. The molecule has 2 aromatic carbocycles. The third-order valence-corrected chi connectivity index (χ3v) is 3.43. The fourth-order valence-corrected chi connectivity index (χ4v) is 2.31. The minimum Gasteiger partial charge on any atom is -0.496 e. The van der Waals surface area contributed by atoms with Crippen molar-refractivity contribution in [3.05, 3.63) is 59.7 Å². The maximum atomic E-state index is 10.8. The molecule has 0 saturated carbocycles. The van der Waals surface area contributed by atoms with Gasteiger partial charge in [0.05, 0.1) is 7.11 Å². The second-order valence-corrected chi connectivity index (χ2v) is 4.90. The van der Waals surface area contributed by atoms with Crippen molar-refractivity contribution in [1.29, 1.82) is 0 Å². The minimum absolute atomic E-state index is 0.708. The lowest BCUT2D eigenvalue weighted by atomic mass is 9.96. The van der Waals surface area contributed by atoms with Gasteiger partial charge in [-0.25, -0.2) is 4.79 Å². The highest BCUT2D eigenvalue weighted by atomic mass is 16.5. The summed E-state index contributed by atoms with van der Waals surface area (Å²) in [4.78, 5) is 10.8. The van der Waals surface area contributed by atoms with E-state index in [4.69, 9.17) is 9.84 Å². The summed E-state index contributed by atoms with van der Waals surface area (Å²) in [7, 11) is 1.64. The van der Waals surface area contributed by atoms with Crippen molar-refractivity contribution in [2.24, 2.45) is 0 Å². The second-order valence-electron chi connectivity index (χ2n) is 4.90. The van der Waals surface area contributed by atoms with Crippen LogP contribution in [0.3, 0.4) is 0 Å². The van der Waals surface area contributed by atoms with Crippen LogP contribution in [0.15, 0.2) is 48.5 Å². The predicted molar refractivity (Wildman–Crippen MR) is 84.5 cm³/mol. The van der Waals surface area contributed by atoms with Crippen molar-refractivity contribution in [3.63, 3.8) is 0 Å². The Morgan fingerprint density at radius 2 is 1.86 bits per heavy atom. The molecular weight excluding hydrogens is 264 g/mol. The van der Waals surface area contributed by atoms with E-state index in [1.165, 1.54) is 6.08 Å². The molecule has 0 aliphatic carbocycles. The number of rotatable bonds is 4. The summed E-state index contributed by atoms with van der Waals surface area (Å²) in [5.74, 6) is -0.170. The first-order valence-corrected chi connectivity index (χ1v) is 6.68. The number of aryl methyl sites for hydroxylation is 1. The monoisotopic (exact) mass is 282 g/mol. The maximum Gasteiger partial charge on any atom is 0.328 e. The standard InChI is InChI=1S/C18H18O3/c1-12-6-4-5-7-15(12)16-11-14(8-9-17(16)21-3)13(2)10-18(19)20/h4-11H,1-3H3,(H,19,20)/b13-10+. The number of allylic oxidation sites excluding steroid dienone is 1. The van der Waals surface area contributed by atoms with Crippen LogP contribution in [0.4, 0.5) is 0 Å². The lowest BCUT2D eigenvalue weighted by Crippen LogP contribution is -1.94. The van der Waals surface area contributed by atoms with Gasteiger partial charge in [-0.05, 0) is 48.2 Å². The average Bonchev–Trinajstić information content (AvgIpc) is 2.46. The molecule has 3 heteroatoms. The van der Waals surface area contributed by atoms with Gasteiger partial charge in [-0.2, -0.15) is 0 Å². The van der Waals surface area contributed by atoms with E-state index in [0.717, 1.165) is 28.0 Å². The number of ether oxygens (including phenoxy) is 1. The smallest absolute Gasteiger partial charge is 0.328 e. The van der Waals surface area contributed by atoms with E-state index in [1.807, 2.05) is 49.4 Å². The summed E-state index contributed by atoms with van der Waals surface area (Å²) in [5, 5.41) is 8.88. The van der Waals surface area contributed by atoms with Gasteiger partial charge in [0.25, 0.3) is 0 Å². The number of benzene rings is 2. The summed E-state index contributed by atoms with van der Waals surface area (Å²) in [6, 6.07) is 13.8. The molecule has 3 nitrogen and oxygen atoms in total. The summed E-state index contributed by atoms with van der Waals surface area (Å²) in [6.45, 7) is 3.83. The predicted octanol–water partition coefficient (Wildman–Crippen LogP) is 4.16. The van der Waals surface area contributed by atoms with Gasteiger partial charge < -0.3 is 9.84 Å². The van der Waals surface area contributed by atoms with Crippen molar-refractivity contribution in [2.75, 3.05) is 7.11 Å². The Hall–Kier alpha value is -2.55. The van der Waals surface area contributed by atoms with E-state index in [9.17, 15) is 4.79 Å². The van der Waals surface area contributed by atoms with Crippen LogP contribution < -0.4 is 4.74 Å². The molecule has 0 aliphatic heterocycles. The van der Waals surface area contributed by atoms with Gasteiger partial charge in [-0.15, -0.1) is 0 Å². The molecule has 0 saturated heterocycles. The highest BCUT2D eigenvalue weighted by Gasteiger charge is 2.10. The van der Waals surface area contributed by atoms with E-state index >= 15 is 0 Å². The Balaban J connectivity index is 2.59. The molecule has 0 amide bonds. The topological polar surface area (TPSA) is 46.5 Å². The molecule has 21 heavy (non-hydrogen) atoms. The molecule has 0 fully saturated rings. The van der Waals surface area contributed by atoms with Crippen LogP contribution in [0.5, 0.6) is 5.75 Å². The fourth-order valence-electron chi connectivity index (χ4n) is 2.31. The van der Waals surface area contributed by atoms with E-state index in [2.05, 4.69) is 0 Å². The van der Waals surface area contributed by atoms with Crippen molar-refractivity contribution in [2.45, 2.75) is 13.8 Å². The fraction of sp³-hybridized carbons (Fsp3) is 0.167. The molecule has 0 heterocycles. The number of carboxylic acids is 1. The molecule has 108 valence electrons. The molecule has 1 N–H and O–H groups in total. The van der Waals surface area contributed by atoms with Crippen molar-refractivity contribution < 1.29 is 14.6 Å². The molecule has 0 aromatic heterocycles. The average molecular weight is 282 g/mol. The summed E-state index contributed by atoms with van der Waals surface area (Å²) in [6.07, 6.45) is 1.21. The molecule has 0 aliphatic rings. The second kappa shape index (κ2) is 6.27. The van der Waals surface area contributed by atoms with Crippen LogP contribution in [0.1, 0.15) is 18.1 Å². The first kappa shape index (κ1) is 14.9. The Kier molecular flexibility index (Phi) is 4.43. The zero-order valence-corrected chi connectivity index (χ0v) is 12.4. The number of hydrogen-bond acceptors (Lipinski definition) is 2. The lowest BCUT2D eigenvalue weighted by Gasteiger charge is -2.13. The Morgan fingerprint density at radius 1 is 1.14 bits per heavy atom. The molecule has 0 atom stereocenters. The number of carbonyl (C=O) groups is 1. The molecule has 0 unspecified atom stereocenters. The van der Waals surface area contributed by atoms with Crippen LogP contribution in [0.2, 0.25) is 0 Å². The van der Waals surface area contributed by atoms with Gasteiger partial charge in [0.1, 0.15) is 5.75 Å². The highest BCUT2D eigenvalue weighted by molar-refractivity contribution is 5.90. The van der Waals surface area contributed by atoms with Gasteiger partial charge in [0.2, 0.25) is 0 Å². The van der Waals surface area contributed by atoms with Crippen LogP contribution in [-0.2, 0) is 4.79 Å². The Bertz CT molecular complexity index is 699. The largest absolute Gasteiger partial charge is 0.496 e. The Labute approximate surface area is 124 Å². The van der Waals surface area contributed by atoms with E-state index < -0.39 is 5.97 Å². The van der Waals surface area contributed by atoms with Crippen molar-refractivity contribution in [1.82, 2.24) is 0 Å². The van der Waals surface area contributed by atoms with Crippen LogP contribution in [0, 0.1) is 6.92 Å². The van der Waals surface area contributed by atoms with Gasteiger partial charge in [0, 0.05) is 11.6 Å². The van der Waals surface area contributed by atoms with Gasteiger partial charge >= 0.3 is 5.97 Å². The number of aliphatic carboxylic acids is 1. The van der Waals surface area contributed by atoms with E-state index in [0.29, 0.717) is 5.57 Å². The lowest BCUT2D eigenvalue weighted by molar-refractivity contribution is -0.131. The van der Waals surface area contributed by atoms with E-state index in [-0.39, 0.29) is 0 Å². The summed E-state index contributed by atoms with van der Waals surface area (Å²) in [5.41, 5.74) is 4.77. The SMILES string of the molecule is COc1ccc(/C(C)=C/C(=O)O)cc1-c1ccccc1C. The van der Waals surface area contributed by atoms with Crippen LogP contribution in [0.25, 0.3) is 16.7 Å². The highest BCUT2D eigenvalue weighted by Crippen LogP contribution is 2.34. The first-order chi connectivity index (χ1) is 10.0. The van der Waals surface area contributed by atoms with Crippen LogP contribution in [-0.4, -0.2) is 18.2 Å². The summed E-state index contributed by atoms with van der Waals surface area (Å²) >= 11 is 0. The third-order valence-electron chi connectivity index (χ3n) is 3.43. The Morgan fingerprint density at radius 3 is 2.48 bits per heavy atom. The van der Waals surface area contributed by atoms with Crippen molar-refractivity contribution >= 4 is 11.5 Å².